The minimum absolute atomic E-state index is 0.0455. The molecule has 0 radical (unpaired) electrons. The average molecular weight is 417 g/mol. The van der Waals surface area contributed by atoms with Crippen molar-refractivity contribution in [2.24, 2.45) is 5.10 Å². The minimum atomic E-state index is -0.416. The Hall–Kier alpha value is -2.58. The van der Waals surface area contributed by atoms with Crippen LogP contribution in [0.3, 0.4) is 0 Å². The minimum Gasteiger partial charge on any atom is -0.258 e. The summed E-state index contributed by atoms with van der Waals surface area (Å²) < 4.78 is 1.01. The second-order valence-corrected chi connectivity index (χ2v) is 6.94. The van der Waals surface area contributed by atoms with Crippen molar-refractivity contribution in [1.29, 1.82) is 0 Å². The molecule has 0 saturated heterocycles. The molecular weight excluding hydrogens is 404 g/mol. The molecule has 0 bridgehead atoms. The summed E-state index contributed by atoms with van der Waals surface area (Å²) in [7, 11) is 0. The van der Waals surface area contributed by atoms with E-state index in [0.717, 1.165) is 15.7 Å². The summed E-state index contributed by atoms with van der Waals surface area (Å²) in [5.74, 6) is 0. The van der Waals surface area contributed by atoms with Gasteiger partial charge in [0, 0.05) is 27.5 Å². The maximum atomic E-state index is 10.9. The van der Waals surface area contributed by atoms with Crippen molar-refractivity contribution in [3.63, 3.8) is 0 Å². The number of non-ortho nitro benzene ring substituents is 1. The molecule has 1 N–H and O–H groups in total. The van der Waals surface area contributed by atoms with E-state index in [1.54, 1.807) is 12.1 Å². The zero-order valence-corrected chi connectivity index (χ0v) is 15.5. The van der Waals surface area contributed by atoms with Crippen LogP contribution in [-0.2, 0) is 0 Å². The molecule has 0 aliphatic heterocycles. The van der Waals surface area contributed by atoms with Gasteiger partial charge in [0.25, 0.3) is 5.69 Å². The topological polar surface area (TPSA) is 80.4 Å². The van der Waals surface area contributed by atoms with E-state index in [1.807, 2.05) is 36.6 Å². The summed E-state index contributed by atoms with van der Waals surface area (Å²) >= 11 is 4.79. The van der Waals surface area contributed by atoms with Crippen molar-refractivity contribution in [2.45, 2.75) is 6.92 Å². The Balaban J connectivity index is 1.75. The molecule has 0 saturated carbocycles. The van der Waals surface area contributed by atoms with E-state index in [1.165, 1.54) is 23.5 Å². The van der Waals surface area contributed by atoms with Gasteiger partial charge < -0.3 is 0 Å². The van der Waals surface area contributed by atoms with Crippen LogP contribution in [0.5, 0.6) is 0 Å². The van der Waals surface area contributed by atoms with Crippen LogP contribution < -0.4 is 5.43 Å². The number of halogens is 1. The van der Waals surface area contributed by atoms with E-state index in [9.17, 15) is 10.1 Å². The van der Waals surface area contributed by atoms with E-state index in [4.69, 9.17) is 0 Å². The molecule has 0 amide bonds. The van der Waals surface area contributed by atoms with Gasteiger partial charge in [-0.3, -0.25) is 15.5 Å². The monoisotopic (exact) mass is 416 g/mol. The van der Waals surface area contributed by atoms with Gasteiger partial charge in [-0.1, -0.05) is 40.2 Å². The molecule has 6 nitrogen and oxygen atoms in total. The van der Waals surface area contributed by atoms with Crippen molar-refractivity contribution in [3.05, 3.63) is 74.1 Å². The highest BCUT2D eigenvalue weighted by molar-refractivity contribution is 9.10. The SMILES string of the molecule is C/C(=N/Nc1nc(-c2cccc([N+](=O)[O-])c2)cs1)c1ccc(Br)cc1. The first-order valence-corrected chi connectivity index (χ1v) is 8.97. The lowest BCUT2D eigenvalue weighted by molar-refractivity contribution is -0.384. The number of benzene rings is 2. The molecule has 1 heterocycles. The standard InChI is InChI=1S/C17H13BrN4O2S/c1-11(12-5-7-14(18)8-6-12)20-21-17-19-16(10-25-17)13-3-2-4-15(9-13)22(23)24/h2-10H,1H3,(H,19,21)/b20-11-. The van der Waals surface area contributed by atoms with Gasteiger partial charge in [-0.05, 0) is 24.6 Å². The highest BCUT2D eigenvalue weighted by Crippen LogP contribution is 2.27. The van der Waals surface area contributed by atoms with Gasteiger partial charge in [0.15, 0.2) is 0 Å². The molecule has 3 rings (SSSR count). The summed E-state index contributed by atoms with van der Waals surface area (Å²) in [4.78, 5) is 14.9. The highest BCUT2D eigenvalue weighted by atomic mass is 79.9. The Morgan fingerprint density at radius 2 is 2.04 bits per heavy atom. The number of aromatic nitrogens is 1. The second-order valence-electron chi connectivity index (χ2n) is 5.16. The molecule has 0 aliphatic rings. The van der Waals surface area contributed by atoms with Crippen molar-refractivity contribution in [2.75, 3.05) is 5.43 Å². The van der Waals surface area contributed by atoms with Crippen molar-refractivity contribution in [3.8, 4) is 11.3 Å². The van der Waals surface area contributed by atoms with E-state index < -0.39 is 4.92 Å². The van der Waals surface area contributed by atoms with Gasteiger partial charge in [0.2, 0.25) is 5.13 Å². The third-order valence-electron chi connectivity index (χ3n) is 3.44. The van der Waals surface area contributed by atoms with Crippen molar-refractivity contribution < 1.29 is 4.92 Å². The molecule has 1 aromatic heterocycles. The highest BCUT2D eigenvalue weighted by Gasteiger charge is 2.10. The van der Waals surface area contributed by atoms with E-state index in [0.29, 0.717) is 16.4 Å². The molecule has 0 atom stereocenters. The van der Waals surface area contributed by atoms with Gasteiger partial charge in [-0.25, -0.2) is 4.98 Å². The van der Waals surface area contributed by atoms with Crippen LogP contribution in [0.2, 0.25) is 0 Å². The summed E-state index contributed by atoms with van der Waals surface area (Å²) in [5.41, 5.74) is 6.19. The fraction of sp³-hybridized carbons (Fsp3) is 0.0588. The fourth-order valence-electron chi connectivity index (χ4n) is 2.12. The molecule has 3 aromatic rings. The third kappa shape index (κ3) is 4.28. The first-order valence-electron chi connectivity index (χ1n) is 7.29. The summed E-state index contributed by atoms with van der Waals surface area (Å²) in [6, 6.07) is 14.3. The van der Waals surface area contributed by atoms with Crippen LogP contribution >= 0.6 is 27.3 Å². The molecule has 25 heavy (non-hydrogen) atoms. The molecule has 2 aromatic carbocycles. The number of nitro benzene ring substituents is 1. The third-order valence-corrected chi connectivity index (χ3v) is 4.71. The summed E-state index contributed by atoms with van der Waals surface area (Å²) in [6.07, 6.45) is 0. The number of hydrazone groups is 1. The van der Waals surface area contributed by atoms with Gasteiger partial charge in [0.1, 0.15) is 0 Å². The van der Waals surface area contributed by atoms with E-state index in [-0.39, 0.29) is 5.69 Å². The number of anilines is 1. The van der Waals surface area contributed by atoms with Gasteiger partial charge in [0.05, 0.1) is 16.3 Å². The number of hydrogen-bond acceptors (Lipinski definition) is 6. The summed E-state index contributed by atoms with van der Waals surface area (Å²) in [6.45, 7) is 1.91. The maximum Gasteiger partial charge on any atom is 0.270 e. The van der Waals surface area contributed by atoms with Gasteiger partial charge in [-0.2, -0.15) is 5.10 Å². The largest absolute Gasteiger partial charge is 0.270 e. The van der Waals surface area contributed by atoms with Crippen molar-refractivity contribution >= 4 is 43.8 Å². The van der Waals surface area contributed by atoms with Crippen LogP contribution in [0, 0.1) is 10.1 Å². The normalized spacial score (nSPS) is 11.4. The van der Waals surface area contributed by atoms with Gasteiger partial charge >= 0.3 is 0 Å². The number of nitrogens with zero attached hydrogens (tertiary/aromatic N) is 3. The Morgan fingerprint density at radius 3 is 2.76 bits per heavy atom. The lowest BCUT2D eigenvalue weighted by Gasteiger charge is -2.01. The average Bonchev–Trinajstić information content (AvgIpc) is 3.09. The van der Waals surface area contributed by atoms with Crippen LogP contribution in [0.4, 0.5) is 10.8 Å². The predicted molar refractivity (Wildman–Crippen MR) is 104 cm³/mol. The van der Waals surface area contributed by atoms with Crippen LogP contribution in [0.15, 0.2) is 63.5 Å². The molecule has 0 fully saturated rings. The van der Waals surface area contributed by atoms with E-state index in [2.05, 4.69) is 31.4 Å². The lowest BCUT2D eigenvalue weighted by atomic mass is 10.1. The van der Waals surface area contributed by atoms with Gasteiger partial charge in [-0.15, -0.1) is 11.3 Å². The second kappa shape index (κ2) is 7.54. The number of thiazole rings is 1. The van der Waals surface area contributed by atoms with Crippen molar-refractivity contribution in [1.82, 2.24) is 4.98 Å². The zero-order valence-electron chi connectivity index (χ0n) is 13.1. The Morgan fingerprint density at radius 1 is 1.28 bits per heavy atom. The van der Waals surface area contributed by atoms with Crippen LogP contribution in [0.1, 0.15) is 12.5 Å². The van der Waals surface area contributed by atoms with Crippen LogP contribution in [-0.4, -0.2) is 15.6 Å². The number of nitrogens with one attached hydrogen (secondary N) is 1. The zero-order chi connectivity index (χ0) is 17.8. The number of hydrogen-bond donors (Lipinski definition) is 1. The molecule has 126 valence electrons. The quantitative estimate of drug-likeness (QED) is 0.346. The molecule has 8 heteroatoms. The molecule has 0 unspecified atom stereocenters. The predicted octanol–water partition coefficient (Wildman–Crippen LogP) is 5.32. The molecule has 0 spiro atoms. The van der Waals surface area contributed by atoms with E-state index >= 15 is 0 Å². The maximum absolute atomic E-state index is 10.9. The Labute approximate surface area is 156 Å². The molecule has 0 aliphatic carbocycles. The number of rotatable bonds is 5. The Kier molecular flexibility index (Phi) is 5.20. The summed E-state index contributed by atoms with van der Waals surface area (Å²) in [5, 5.41) is 17.7. The first kappa shape index (κ1) is 17.2. The van der Waals surface area contributed by atoms with Crippen LogP contribution in [0.25, 0.3) is 11.3 Å². The lowest BCUT2D eigenvalue weighted by Crippen LogP contribution is -1.99. The fourth-order valence-corrected chi connectivity index (χ4v) is 3.05. The smallest absolute Gasteiger partial charge is 0.258 e. The first-order chi connectivity index (χ1) is 12.0. The Bertz CT molecular complexity index is 938. The number of nitro groups is 1. The molecular formula is C17H13BrN4O2S.